The number of carbonyl (C=O) groups is 1. The third-order valence-electron chi connectivity index (χ3n) is 11.4. The Labute approximate surface area is 548 Å². The molecule has 0 fully saturated rings. The van der Waals surface area contributed by atoms with Crippen LogP contribution in [-0.4, -0.2) is 95.4 Å². The Morgan fingerprint density at radius 2 is 0.946 bits per heavy atom. The molecule has 0 aliphatic carbocycles. The molecule has 0 aliphatic heterocycles. The van der Waals surface area contributed by atoms with Crippen molar-refractivity contribution in [3.63, 3.8) is 0 Å². The fraction of sp³-hybridized carbons (Fsp3) is 0.0690. The van der Waals surface area contributed by atoms with Gasteiger partial charge in [-0.25, -0.2) is 54.6 Å². The normalized spacial score (nSPS) is 10.3. The number of nitrogens with one attached hydrogen (secondary N) is 3. The van der Waals surface area contributed by atoms with Crippen LogP contribution >= 0.6 is 58.0 Å². The number of anilines is 3. The largest absolute Gasteiger partial charge is 0.439 e. The Bertz CT molecular complexity index is 4580. The molecular weight excluding hydrogens is 1320 g/mol. The molecule has 93 heavy (non-hydrogen) atoms. The van der Waals surface area contributed by atoms with Crippen molar-refractivity contribution in [1.82, 2.24) is 89.4 Å². The highest BCUT2D eigenvalue weighted by Gasteiger charge is 2.33. The summed E-state index contributed by atoms with van der Waals surface area (Å²) in [6, 6.07) is 29.8. The fourth-order valence-electron chi connectivity index (χ4n) is 7.33. The second-order valence-electron chi connectivity index (χ2n) is 17.9. The van der Waals surface area contributed by atoms with Crippen molar-refractivity contribution >= 4 is 81.1 Å². The summed E-state index contributed by atoms with van der Waals surface area (Å²) in [5.41, 5.74) is 11.3. The molecular formula is C58H40Cl5F3N24O3. The number of alkyl halides is 3. The number of amides is 2. The molecule has 27 nitrogen and oxygen atoms in total. The van der Waals surface area contributed by atoms with Gasteiger partial charge in [0.1, 0.15) is 83.4 Å². The molecule has 0 aliphatic rings. The van der Waals surface area contributed by atoms with E-state index in [9.17, 15) is 18.0 Å². The summed E-state index contributed by atoms with van der Waals surface area (Å²) in [5, 5.41) is 50.5. The maximum absolute atomic E-state index is 13.0. The van der Waals surface area contributed by atoms with Crippen LogP contribution in [0.25, 0.3) is 45.0 Å². The predicted octanol–water partition coefficient (Wildman–Crippen LogP) is 13.0. The average Bonchev–Trinajstić information content (AvgIpc) is 1.78. The molecule has 9 heterocycles. The summed E-state index contributed by atoms with van der Waals surface area (Å²) in [6.07, 6.45) is 15.6. The van der Waals surface area contributed by atoms with Crippen LogP contribution in [0.4, 0.5) is 35.0 Å². The van der Waals surface area contributed by atoms with Crippen LogP contribution < -0.4 is 25.8 Å². The first-order valence-corrected chi connectivity index (χ1v) is 28.0. The molecule has 0 unspecified atom stereocenters. The lowest BCUT2D eigenvalue weighted by Gasteiger charge is -2.13. The van der Waals surface area contributed by atoms with Gasteiger partial charge in [0, 0.05) is 107 Å². The third kappa shape index (κ3) is 21.2. The maximum Gasteiger partial charge on any atom is 0.417 e. The van der Waals surface area contributed by atoms with Gasteiger partial charge in [-0.1, -0.05) is 70.1 Å². The molecule has 466 valence electrons. The fourth-order valence-corrected chi connectivity index (χ4v) is 8.20. The number of ether oxygens (including phenoxy) is 2. The summed E-state index contributed by atoms with van der Waals surface area (Å²) in [6.45, 7) is 0.514. The SMILES string of the molecule is Clc1cc(-c2cn[nH]c2)ncn1.Clc1cc(Cl)ncn1.N#CCn1cc(-c2cc(Cl)ncn2)cn1.N#CCn1cc(-c2cc(Oc3cccc(N)c3)ncn2)cn1.N#CCn1cc(-c2cc(Oc3cccc(NC(=O)Nc4ccc(Cl)c(C(F)(F)F)c4)c3)ncn2)cn1. The van der Waals surface area contributed by atoms with Crippen LogP contribution in [-0.2, 0) is 25.8 Å². The summed E-state index contributed by atoms with van der Waals surface area (Å²) in [4.78, 5) is 51.7. The number of nitriles is 3. The number of aromatic amines is 1. The first-order valence-electron chi connectivity index (χ1n) is 26.1. The lowest BCUT2D eigenvalue weighted by atomic mass is 10.2. The molecule has 0 saturated carbocycles. The van der Waals surface area contributed by atoms with Crippen molar-refractivity contribution in [2.24, 2.45) is 0 Å². The van der Waals surface area contributed by atoms with Crippen LogP contribution in [0.15, 0.2) is 178 Å². The molecule has 12 rings (SSSR count). The zero-order chi connectivity index (χ0) is 66.1. The van der Waals surface area contributed by atoms with Gasteiger partial charge in [0.2, 0.25) is 11.8 Å². The molecule has 0 spiro atoms. The molecule has 3 aromatic carbocycles. The van der Waals surface area contributed by atoms with Crippen molar-refractivity contribution < 1.29 is 27.4 Å². The Morgan fingerprint density at radius 1 is 0.516 bits per heavy atom. The molecule has 0 bridgehead atoms. The third-order valence-corrected chi connectivity index (χ3v) is 12.5. The van der Waals surface area contributed by atoms with Crippen molar-refractivity contribution in [2.45, 2.75) is 25.8 Å². The van der Waals surface area contributed by atoms with Gasteiger partial charge < -0.3 is 25.8 Å². The highest BCUT2D eigenvalue weighted by molar-refractivity contribution is 6.33. The van der Waals surface area contributed by atoms with Gasteiger partial charge in [0.15, 0.2) is 0 Å². The number of nitrogen functional groups attached to an aromatic ring is 1. The van der Waals surface area contributed by atoms with Gasteiger partial charge in [-0.2, -0.15) is 49.4 Å². The zero-order valence-electron chi connectivity index (χ0n) is 47.1. The van der Waals surface area contributed by atoms with E-state index in [0.717, 1.165) is 34.5 Å². The van der Waals surface area contributed by atoms with E-state index in [1.165, 1.54) is 63.9 Å². The maximum atomic E-state index is 13.0. The van der Waals surface area contributed by atoms with E-state index in [4.69, 9.17) is 89.0 Å². The van der Waals surface area contributed by atoms with Crippen molar-refractivity contribution in [3.05, 3.63) is 209 Å². The number of aromatic nitrogens is 18. The molecule has 0 radical (unpaired) electrons. The minimum Gasteiger partial charge on any atom is -0.439 e. The smallest absolute Gasteiger partial charge is 0.417 e. The summed E-state index contributed by atoms with van der Waals surface area (Å²) in [7, 11) is 0. The molecule has 5 N–H and O–H groups in total. The van der Waals surface area contributed by atoms with Crippen molar-refractivity contribution in [3.8, 4) is 86.5 Å². The van der Waals surface area contributed by atoms with Gasteiger partial charge in [0.25, 0.3) is 0 Å². The van der Waals surface area contributed by atoms with E-state index >= 15 is 0 Å². The molecule has 0 atom stereocenters. The summed E-state index contributed by atoms with van der Waals surface area (Å²) < 4.78 is 55.1. The number of nitrogens with two attached hydrogens (primary N) is 1. The van der Waals surface area contributed by atoms with E-state index in [-0.39, 0.29) is 31.2 Å². The monoisotopic (exact) mass is 1350 g/mol. The van der Waals surface area contributed by atoms with Gasteiger partial charge in [-0.15, -0.1) is 0 Å². The summed E-state index contributed by atoms with van der Waals surface area (Å²) in [5.74, 6) is 1.56. The predicted molar refractivity (Wildman–Crippen MR) is 335 cm³/mol. The van der Waals surface area contributed by atoms with Crippen LogP contribution in [0.5, 0.6) is 23.3 Å². The van der Waals surface area contributed by atoms with Crippen LogP contribution in [0.2, 0.25) is 25.6 Å². The molecule has 2 amide bonds. The van der Waals surface area contributed by atoms with E-state index in [1.807, 2.05) is 18.2 Å². The van der Waals surface area contributed by atoms with E-state index in [1.54, 1.807) is 116 Å². The van der Waals surface area contributed by atoms with Gasteiger partial charge in [-0.05, 0) is 42.5 Å². The number of hydrogen-bond donors (Lipinski definition) is 4. The standard InChI is InChI=1S/C23H15ClF3N7O2.C15H12N6O.C9H6ClN5.C7H5ClN4.C4H2Cl2N2/c24-19-5-4-16(9-18(19)23(25,26)27)33-22(35)32-15-2-1-3-17(8-15)36-21-10-20(29-13-30-21)14-11-31-34(12-14)7-6-28;16-4-5-21-9-11(8-20-21)14-7-15(19-10-18-14)22-13-3-1-2-12(17)6-13;10-9-3-8(12-6-13-9)7-4-14-15(5-7)2-1-11;8-7-1-6(9-4-10-7)5-2-11-12-3-5;5-3-1-4(6)8-2-7-3/h1-5,8-13H,7H2,(H2,32,33,35);1-3,6-10H,5,17H2;3-6H,2H2;1-4H,(H,11,12);1-2H. The van der Waals surface area contributed by atoms with Crippen LogP contribution in [0, 0.1) is 34.0 Å². The number of hydrogen-bond acceptors (Lipinski definition) is 21. The Hall–Kier alpha value is -11.7. The molecule has 12 aromatic rings. The topological polar surface area (TPSA) is 368 Å². The minimum atomic E-state index is -4.66. The van der Waals surface area contributed by atoms with Crippen molar-refractivity contribution in [2.75, 3.05) is 16.4 Å². The number of urea groups is 1. The summed E-state index contributed by atoms with van der Waals surface area (Å²) >= 11 is 27.8. The number of rotatable bonds is 13. The first kappa shape index (κ1) is 67.2. The highest BCUT2D eigenvalue weighted by atomic mass is 35.5. The van der Waals surface area contributed by atoms with Crippen LogP contribution in [0.1, 0.15) is 5.56 Å². The Balaban J connectivity index is 0.000000165. The lowest BCUT2D eigenvalue weighted by Crippen LogP contribution is -2.20. The van der Waals surface area contributed by atoms with E-state index in [0.29, 0.717) is 72.0 Å². The van der Waals surface area contributed by atoms with Gasteiger partial charge >= 0.3 is 12.2 Å². The number of halogens is 8. The zero-order valence-corrected chi connectivity index (χ0v) is 50.9. The second-order valence-corrected chi connectivity index (χ2v) is 19.9. The average molecular weight is 1360 g/mol. The molecule has 35 heteroatoms. The second kappa shape index (κ2) is 33.2. The number of nitrogens with zero attached hydrogens (tertiary/aromatic N) is 20. The first-order chi connectivity index (χ1) is 44.9. The van der Waals surface area contributed by atoms with Crippen LogP contribution in [0.3, 0.4) is 0 Å². The molecule has 9 aromatic heterocycles. The van der Waals surface area contributed by atoms with E-state index in [2.05, 4.69) is 86.0 Å². The highest BCUT2D eigenvalue weighted by Crippen LogP contribution is 2.36. The van der Waals surface area contributed by atoms with E-state index < -0.39 is 22.8 Å². The van der Waals surface area contributed by atoms with Gasteiger partial charge in [0.05, 0.1) is 76.4 Å². The quantitative estimate of drug-likeness (QED) is 0.0615. The number of benzene rings is 3. The number of carbonyl (C=O) groups excluding carboxylic acids is 1. The minimum absolute atomic E-state index is 0.0803. The lowest BCUT2D eigenvalue weighted by molar-refractivity contribution is -0.137. The Kier molecular flexibility index (Phi) is 24.0. The Morgan fingerprint density at radius 3 is 1.38 bits per heavy atom. The number of H-pyrrole nitrogens is 1. The van der Waals surface area contributed by atoms with Crippen molar-refractivity contribution in [1.29, 1.82) is 15.8 Å². The molecule has 0 saturated heterocycles. The van der Waals surface area contributed by atoms with Gasteiger partial charge in [-0.3, -0.25) is 19.1 Å².